The summed E-state index contributed by atoms with van der Waals surface area (Å²) in [7, 11) is 0. The molecule has 1 fully saturated rings. The van der Waals surface area contributed by atoms with E-state index < -0.39 is 0 Å². The van der Waals surface area contributed by atoms with Gasteiger partial charge in [0, 0.05) is 17.4 Å². The van der Waals surface area contributed by atoms with Gasteiger partial charge in [0.2, 0.25) is 0 Å². The zero-order chi connectivity index (χ0) is 22.2. The number of anilines is 1. The van der Waals surface area contributed by atoms with Crippen LogP contribution in [0.3, 0.4) is 0 Å². The first-order chi connectivity index (χ1) is 15.5. The fraction of sp³-hybridized carbons (Fsp3) is 0.0833. The van der Waals surface area contributed by atoms with E-state index in [1.807, 2.05) is 47.4 Å². The van der Waals surface area contributed by atoms with Gasteiger partial charge in [0.1, 0.15) is 23.4 Å². The van der Waals surface area contributed by atoms with Crippen molar-refractivity contribution in [1.29, 1.82) is 0 Å². The highest BCUT2D eigenvalue weighted by Gasteiger charge is 2.42. The molecule has 4 aromatic rings. The molecule has 32 heavy (non-hydrogen) atoms. The zero-order valence-corrected chi connectivity index (χ0v) is 18.8. The number of thiocarbonyl (C=S) groups is 1. The number of benzene rings is 2. The predicted molar refractivity (Wildman–Crippen MR) is 128 cm³/mol. The maximum Gasteiger partial charge on any atom is 0.174 e. The van der Waals surface area contributed by atoms with Crippen LogP contribution in [0.15, 0.2) is 83.4 Å². The summed E-state index contributed by atoms with van der Waals surface area (Å²) in [6.45, 7) is 0. The van der Waals surface area contributed by atoms with Crippen LogP contribution < -0.4 is 10.2 Å². The summed E-state index contributed by atoms with van der Waals surface area (Å²) in [4.78, 5) is 6.43. The Bertz CT molecular complexity index is 1280. The van der Waals surface area contributed by atoms with E-state index in [4.69, 9.17) is 39.8 Å². The largest absolute Gasteiger partial charge is 0.459 e. The average Bonchev–Trinajstić information content (AvgIpc) is 3.41. The minimum absolute atomic E-state index is 0.275. The smallest absolute Gasteiger partial charge is 0.174 e. The highest BCUT2D eigenvalue weighted by atomic mass is 35.5. The van der Waals surface area contributed by atoms with Gasteiger partial charge in [-0.1, -0.05) is 35.3 Å². The molecule has 0 amide bonds. The van der Waals surface area contributed by atoms with E-state index in [-0.39, 0.29) is 17.9 Å². The van der Waals surface area contributed by atoms with E-state index >= 15 is 0 Å². The molecule has 1 aliphatic rings. The van der Waals surface area contributed by atoms with Crippen molar-refractivity contribution in [3.05, 3.63) is 106 Å². The van der Waals surface area contributed by atoms with Crippen LogP contribution in [0, 0.1) is 5.82 Å². The normalized spacial score (nSPS) is 18.1. The Morgan fingerprint density at radius 2 is 1.78 bits per heavy atom. The Labute approximate surface area is 199 Å². The number of nitrogens with zero attached hydrogens (tertiary/aromatic N) is 2. The quantitative estimate of drug-likeness (QED) is 0.317. The van der Waals surface area contributed by atoms with E-state index in [0.29, 0.717) is 32.2 Å². The lowest BCUT2D eigenvalue weighted by atomic mass is 10.0. The van der Waals surface area contributed by atoms with Crippen molar-refractivity contribution in [2.75, 3.05) is 4.90 Å². The molecule has 0 unspecified atom stereocenters. The lowest BCUT2D eigenvalue weighted by molar-refractivity contribution is 0.439. The summed E-state index contributed by atoms with van der Waals surface area (Å²) < 4.78 is 19.9. The van der Waals surface area contributed by atoms with Gasteiger partial charge in [0.15, 0.2) is 5.11 Å². The number of furan rings is 1. The third-order valence-corrected chi connectivity index (χ3v) is 6.47. The summed E-state index contributed by atoms with van der Waals surface area (Å²) in [5.41, 5.74) is 2.25. The predicted octanol–water partition coefficient (Wildman–Crippen LogP) is 6.96. The Morgan fingerprint density at radius 1 is 0.969 bits per heavy atom. The van der Waals surface area contributed by atoms with Gasteiger partial charge in [0.25, 0.3) is 0 Å². The van der Waals surface area contributed by atoms with E-state index in [9.17, 15) is 4.39 Å². The topological polar surface area (TPSA) is 41.3 Å². The van der Waals surface area contributed by atoms with Crippen LogP contribution in [-0.4, -0.2) is 10.1 Å². The molecular formula is C24H16Cl2FN3OS. The summed E-state index contributed by atoms with van der Waals surface area (Å²) in [6, 6.07) is 20.4. The number of halogens is 3. The number of hydrogen-bond donors (Lipinski definition) is 1. The first kappa shape index (κ1) is 20.9. The van der Waals surface area contributed by atoms with Crippen LogP contribution in [0.5, 0.6) is 0 Å². The monoisotopic (exact) mass is 483 g/mol. The van der Waals surface area contributed by atoms with Crippen molar-refractivity contribution >= 4 is 46.2 Å². The molecule has 1 aliphatic heterocycles. The highest BCUT2D eigenvalue weighted by molar-refractivity contribution is 7.80. The van der Waals surface area contributed by atoms with Crippen LogP contribution in [0.25, 0.3) is 11.3 Å². The molecule has 5 rings (SSSR count). The number of aromatic nitrogens is 1. The Morgan fingerprint density at radius 3 is 2.53 bits per heavy atom. The van der Waals surface area contributed by atoms with Gasteiger partial charge in [-0.2, -0.15) is 0 Å². The molecule has 0 radical (unpaired) electrons. The van der Waals surface area contributed by atoms with Gasteiger partial charge in [-0.15, -0.1) is 0 Å². The second kappa shape index (κ2) is 8.54. The fourth-order valence-corrected chi connectivity index (χ4v) is 4.61. The van der Waals surface area contributed by atoms with Gasteiger partial charge >= 0.3 is 0 Å². The summed E-state index contributed by atoms with van der Waals surface area (Å²) in [6.07, 6.45) is 1.73. The first-order valence-corrected chi connectivity index (χ1v) is 11.0. The van der Waals surface area contributed by atoms with Crippen molar-refractivity contribution in [3.63, 3.8) is 0 Å². The first-order valence-electron chi connectivity index (χ1n) is 9.83. The van der Waals surface area contributed by atoms with Gasteiger partial charge in [0.05, 0.1) is 21.8 Å². The Kier molecular flexibility index (Phi) is 5.59. The molecule has 1 N–H and O–H groups in total. The third kappa shape index (κ3) is 3.75. The number of nitrogens with one attached hydrogen (secondary N) is 1. The van der Waals surface area contributed by atoms with E-state index in [1.165, 1.54) is 12.1 Å². The molecule has 2 atom stereocenters. The van der Waals surface area contributed by atoms with Crippen LogP contribution >= 0.6 is 35.4 Å². The molecule has 0 saturated carbocycles. The van der Waals surface area contributed by atoms with Crippen molar-refractivity contribution in [3.8, 4) is 11.3 Å². The van der Waals surface area contributed by atoms with E-state index in [0.717, 1.165) is 11.4 Å². The number of rotatable bonds is 4. The van der Waals surface area contributed by atoms with Crippen LogP contribution in [-0.2, 0) is 0 Å². The second-order valence-electron chi connectivity index (χ2n) is 7.28. The minimum Gasteiger partial charge on any atom is -0.459 e. The molecule has 0 bridgehead atoms. The maximum atomic E-state index is 13.6. The average molecular weight is 484 g/mol. The lowest BCUT2D eigenvalue weighted by Crippen LogP contribution is -2.29. The molecule has 8 heteroatoms. The van der Waals surface area contributed by atoms with Crippen molar-refractivity contribution in [1.82, 2.24) is 10.3 Å². The second-order valence-corrected chi connectivity index (χ2v) is 8.45. The Balaban J connectivity index is 1.61. The molecule has 1 saturated heterocycles. The summed E-state index contributed by atoms with van der Waals surface area (Å²) >= 11 is 18.3. The summed E-state index contributed by atoms with van der Waals surface area (Å²) in [5.74, 6) is 0.924. The van der Waals surface area contributed by atoms with Crippen molar-refractivity contribution < 1.29 is 8.81 Å². The van der Waals surface area contributed by atoms with Gasteiger partial charge in [-0.05, 0) is 72.9 Å². The molecule has 0 aliphatic carbocycles. The summed E-state index contributed by atoms with van der Waals surface area (Å²) in [5, 5.41) is 4.71. The van der Waals surface area contributed by atoms with E-state index in [2.05, 4.69) is 10.3 Å². The van der Waals surface area contributed by atoms with Crippen molar-refractivity contribution in [2.45, 2.75) is 12.1 Å². The molecule has 3 heterocycles. The molecule has 2 aromatic carbocycles. The molecule has 2 aromatic heterocycles. The SMILES string of the molecule is Fc1ccc(N2C(=S)N[C@H](c3ccccn3)[C@H]2c2ccc(-c3cccc(Cl)c3Cl)o2)cc1. The lowest BCUT2D eigenvalue weighted by Gasteiger charge is -2.26. The zero-order valence-electron chi connectivity index (χ0n) is 16.5. The minimum atomic E-state index is -0.352. The fourth-order valence-electron chi connectivity index (χ4n) is 3.87. The number of hydrogen-bond acceptors (Lipinski definition) is 3. The van der Waals surface area contributed by atoms with Gasteiger partial charge in [-0.3, -0.25) is 4.98 Å². The molecule has 4 nitrogen and oxygen atoms in total. The third-order valence-electron chi connectivity index (χ3n) is 5.34. The van der Waals surface area contributed by atoms with Crippen LogP contribution in [0.1, 0.15) is 23.5 Å². The molecule has 160 valence electrons. The molecule has 0 spiro atoms. The maximum absolute atomic E-state index is 13.6. The molecular weight excluding hydrogens is 468 g/mol. The Hall–Kier alpha value is -2.93. The van der Waals surface area contributed by atoms with E-state index in [1.54, 1.807) is 24.4 Å². The van der Waals surface area contributed by atoms with Gasteiger partial charge < -0.3 is 14.6 Å². The highest BCUT2D eigenvalue weighted by Crippen LogP contribution is 2.43. The van der Waals surface area contributed by atoms with Gasteiger partial charge in [-0.25, -0.2) is 4.39 Å². The van der Waals surface area contributed by atoms with Crippen LogP contribution in [0.4, 0.5) is 10.1 Å². The van der Waals surface area contributed by atoms with Crippen molar-refractivity contribution in [2.24, 2.45) is 0 Å². The standard InChI is InChI=1S/C24H16Cl2FN3OS/c25-17-5-3-4-16(21(17)26)19-11-12-20(31-19)23-22(18-6-1-2-13-28-18)29-24(32)30(23)15-9-7-14(27)8-10-15/h1-13,22-23H,(H,29,32)/t22-,23-/m1/s1. The number of pyridine rings is 1. The van der Waals surface area contributed by atoms with Crippen LogP contribution in [0.2, 0.25) is 10.0 Å².